The Morgan fingerprint density at radius 3 is 2.24 bits per heavy atom. The molecule has 1 atom stereocenters. The zero-order valence-corrected chi connectivity index (χ0v) is 19.5. The van der Waals surface area contributed by atoms with Crippen molar-refractivity contribution in [2.45, 2.75) is 52.6 Å². The lowest BCUT2D eigenvalue weighted by atomic mass is 10.1. The summed E-state index contributed by atoms with van der Waals surface area (Å²) in [4.78, 5) is 53.9. The molecule has 0 saturated carbocycles. The number of aryl methyl sites for hydroxylation is 1. The molecule has 1 aliphatic rings. The van der Waals surface area contributed by atoms with Gasteiger partial charge in [-0.3, -0.25) is 24.1 Å². The first-order valence-corrected chi connectivity index (χ1v) is 11.4. The van der Waals surface area contributed by atoms with Crippen molar-refractivity contribution in [3.8, 4) is 0 Å². The standard InChI is InChI=1S/C26H31N3O4/c1-4-22(24(31)27-5-2)29(17-19-11-8-10-18(3)16-19)23(30)14-9-15-28-25(32)20-12-6-7-13-21(20)26(28)33/h6-8,10-13,16,22H,4-5,9,14-15,17H2,1-3H3,(H,27,31). The molecule has 4 amide bonds. The van der Waals surface area contributed by atoms with Gasteiger partial charge in [-0.25, -0.2) is 0 Å². The maximum absolute atomic E-state index is 13.3. The summed E-state index contributed by atoms with van der Waals surface area (Å²) < 4.78 is 0. The molecule has 0 bridgehead atoms. The van der Waals surface area contributed by atoms with Crippen molar-refractivity contribution in [1.82, 2.24) is 15.1 Å². The average Bonchev–Trinajstić information content (AvgIpc) is 3.04. The number of hydrogen-bond donors (Lipinski definition) is 1. The van der Waals surface area contributed by atoms with Crippen molar-refractivity contribution >= 4 is 23.6 Å². The fourth-order valence-corrected chi connectivity index (χ4v) is 4.19. The summed E-state index contributed by atoms with van der Waals surface area (Å²) in [5, 5.41) is 2.82. The molecule has 174 valence electrons. The van der Waals surface area contributed by atoms with Crippen LogP contribution in [0.25, 0.3) is 0 Å². The van der Waals surface area contributed by atoms with Crippen LogP contribution in [-0.2, 0) is 16.1 Å². The van der Waals surface area contributed by atoms with Crippen LogP contribution in [0.3, 0.4) is 0 Å². The van der Waals surface area contributed by atoms with E-state index in [0.29, 0.717) is 37.1 Å². The van der Waals surface area contributed by atoms with Gasteiger partial charge in [0, 0.05) is 26.1 Å². The number of benzene rings is 2. The largest absolute Gasteiger partial charge is 0.355 e. The fraction of sp³-hybridized carbons (Fsp3) is 0.385. The lowest BCUT2D eigenvalue weighted by Gasteiger charge is -2.31. The third-order valence-corrected chi connectivity index (χ3v) is 5.82. The van der Waals surface area contributed by atoms with Gasteiger partial charge in [-0.1, -0.05) is 48.9 Å². The van der Waals surface area contributed by atoms with Crippen molar-refractivity contribution in [3.63, 3.8) is 0 Å². The van der Waals surface area contributed by atoms with E-state index in [4.69, 9.17) is 0 Å². The minimum Gasteiger partial charge on any atom is -0.355 e. The van der Waals surface area contributed by atoms with Gasteiger partial charge < -0.3 is 10.2 Å². The Hall–Kier alpha value is -3.48. The molecule has 0 aliphatic carbocycles. The van der Waals surface area contributed by atoms with Crippen LogP contribution in [0.5, 0.6) is 0 Å². The van der Waals surface area contributed by atoms with Crippen LogP contribution in [0, 0.1) is 6.92 Å². The molecule has 1 heterocycles. The molecule has 0 radical (unpaired) electrons. The molecule has 0 spiro atoms. The Kier molecular flexibility index (Phi) is 7.98. The van der Waals surface area contributed by atoms with Gasteiger partial charge in [0.15, 0.2) is 0 Å². The number of rotatable bonds is 10. The van der Waals surface area contributed by atoms with Crippen LogP contribution in [0.2, 0.25) is 0 Å². The zero-order chi connectivity index (χ0) is 24.0. The number of fused-ring (bicyclic) bond motifs is 1. The van der Waals surface area contributed by atoms with Crippen molar-refractivity contribution < 1.29 is 19.2 Å². The normalized spacial score (nSPS) is 13.6. The molecular weight excluding hydrogens is 418 g/mol. The Balaban J connectivity index is 1.70. The number of nitrogens with one attached hydrogen (secondary N) is 1. The topological polar surface area (TPSA) is 86.8 Å². The van der Waals surface area contributed by atoms with Crippen LogP contribution < -0.4 is 5.32 Å². The quantitative estimate of drug-likeness (QED) is 0.564. The first-order chi connectivity index (χ1) is 15.9. The van der Waals surface area contributed by atoms with Crippen LogP contribution in [-0.4, -0.2) is 52.6 Å². The van der Waals surface area contributed by atoms with Crippen LogP contribution in [0.15, 0.2) is 48.5 Å². The molecule has 7 nitrogen and oxygen atoms in total. The van der Waals surface area contributed by atoms with Gasteiger partial charge in [-0.2, -0.15) is 0 Å². The third kappa shape index (κ3) is 5.48. The van der Waals surface area contributed by atoms with E-state index < -0.39 is 6.04 Å². The highest BCUT2D eigenvalue weighted by Crippen LogP contribution is 2.23. The van der Waals surface area contributed by atoms with Crippen molar-refractivity contribution in [2.24, 2.45) is 0 Å². The van der Waals surface area contributed by atoms with Gasteiger partial charge in [0.2, 0.25) is 11.8 Å². The van der Waals surface area contributed by atoms with E-state index in [1.807, 2.05) is 45.0 Å². The monoisotopic (exact) mass is 449 g/mol. The predicted octanol–water partition coefficient (Wildman–Crippen LogP) is 3.31. The summed E-state index contributed by atoms with van der Waals surface area (Å²) >= 11 is 0. The molecule has 0 aromatic heterocycles. The first kappa shape index (κ1) is 24.2. The van der Waals surface area contributed by atoms with Crippen molar-refractivity contribution in [2.75, 3.05) is 13.1 Å². The summed E-state index contributed by atoms with van der Waals surface area (Å²) in [6, 6.07) is 14.0. The molecule has 2 aromatic carbocycles. The van der Waals surface area contributed by atoms with E-state index in [2.05, 4.69) is 5.32 Å². The maximum Gasteiger partial charge on any atom is 0.261 e. The second-order valence-electron chi connectivity index (χ2n) is 8.24. The van der Waals surface area contributed by atoms with E-state index in [-0.39, 0.29) is 36.6 Å². The third-order valence-electron chi connectivity index (χ3n) is 5.82. The number of imide groups is 1. The van der Waals surface area contributed by atoms with Gasteiger partial charge in [-0.05, 0) is 44.4 Å². The molecule has 1 N–H and O–H groups in total. The number of likely N-dealkylation sites (N-methyl/N-ethyl adjacent to an activating group) is 1. The molecular formula is C26H31N3O4. The molecule has 0 fully saturated rings. The lowest BCUT2D eigenvalue weighted by Crippen LogP contribution is -2.49. The van der Waals surface area contributed by atoms with Gasteiger partial charge in [0.05, 0.1) is 11.1 Å². The van der Waals surface area contributed by atoms with Crippen molar-refractivity contribution in [1.29, 1.82) is 0 Å². The Morgan fingerprint density at radius 2 is 1.67 bits per heavy atom. The SMILES string of the molecule is CCNC(=O)C(CC)N(Cc1cccc(C)c1)C(=O)CCCN1C(=O)c2ccccc2C1=O. The van der Waals surface area contributed by atoms with E-state index in [9.17, 15) is 19.2 Å². The molecule has 3 rings (SSSR count). The average molecular weight is 450 g/mol. The second-order valence-corrected chi connectivity index (χ2v) is 8.24. The summed E-state index contributed by atoms with van der Waals surface area (Å²) in [6.07, 6.45) is 0.956. The summed E-state index contributed by atoms with van der Waals surface area (Å²) in [7, 11) is 0. The molecule has 1 unspecified atom stereocenters. The number of hydrogen-bond acceptors (Lipinski definition) is 4. The number of amides is 4. The number of nitrogens with zero attached hydrogens (tertiary/aromatic N) is 2. The number of carbonyl (C=O) groups excluding carboxylic acids is 4. The highest BCUT2D eigenvalue weighted by molar-refractivity contribution is 6.21. The zero-order valence-electron chi connectivity index (χ0n) is 19.5. The summed E-state index contributed by atoms with van der Waals surface area (Å²) in [5.74, 6) is -1.01. The molecule has 7 heteroatoms. The number of carbonyl (C=O) groups is 4. The fourth-order valence-electron chi connectivity index (χ4n) is 4.19. The second kappa shape index (κ2) is 10.9. The van der Waals surface area contributed by atoms with Crippen LogP contribution in [0.4, 0.5) is 0 Å². The Morgan fingerprint density at radius 1 is 1.00 bits per heavy atom. The van der Waals surface area contributed by atoms with Crippen molar-refractivity contribution in [3.05, 3.63) is 70.8 Å². The smallest absolute Gasteiger partial charge is 0.261 e. The molecule has 0 saturated heterocycles. The van der Waals surface area contributed by atoms with E-state index in [1.54, 1.807) is 29.2 Å². The highest BCUT2D eigenvalue weighted by atomic mass is 16.2. The van der Waals surface area contributed by atoms with E-state index in [0.717, 1.165) is 11.1 Å². The van der Waals surface area contributed by atoms with Gasteiger partial charge in [0.1, 0.15) is 6.04 Å². The van der Waals surface area contributed by atoms with Gasteiger partial charge in [-0.15, -0.1) is 0 Å². The Labute approximate surface area is 194 Å². The lowest BCUT2D eigenvalue weighted by molar-refractivity contribution is -0.141. The minimum atomic E-state index is -0.586. The van der Waals surface area contributed by atoms with E-state index in [1.165, 1.54) is 4.90 Å². The van der Waals surface area contributed by atoms with Gasteiger partial charge in [0.25, 0.3) is 11.8 Å². The summed E-state index contributed by atoms with van der Waals surface area (Å²) in [6.45, 7) is 6.69. The van der Waals surface area contributed by atoms with Gasteiger partial charge >= 0.3 is 0 Å². The molecule has 33 heavy (non-hydrogen) atoms. The molecule has 1 aliphatic heterocycles. The van der Waals surface area contributed by atoms with Crippen LogP contribution >= 0.6 is 0 Å². The highest BCUT2D eigenvalue weighted by Gasteiger charge is 2.35. The maximum atomic E-state index is 13.3. The van der Waals surface area contributed by atoms with E-state index >= 15 is 0 Å². The van der Waals surface area contributed by atoms with Crippen LogP contribution in [0.1, 0.15) is 65.0 Å². The predicted molar refractivity (Wildman–Crippen MR) is 126 cm³/mol. The first-order valence-electron chi connectivity index (χ1n) is 11.4. The summed E-state index contributed by atoms with van der Waals surface area (Å²) in [5.41, 5.74) is 2.83. The molecule has 2 aromatic rings. The Bertz CT molecular complexity index is 1010. The minimum absolute atomic E-state index is 0.134.